The maximum absolute atomic E-state index is 10.9. The van der Waals surface area contributed by atoms with E-state index in [1.807, 2.05) is 0 Å². The van der Waals surface area contributed by atoms with E-state index in [1.165, 1.54) is 0 Å². The lowest BCUT2D eigenvalue weighted by molar-refractivity contribution is -0.118. The lowest BCUT2D eigenvalue weighted by Crippen LogP contribution is -2.25. The summed E-state index contributed by atoms with van der Waals surface area (Å²) in [5.41, 5.74) is 0. The Kier molecular flexibility index (Phi) is 3.48. The highest BCUT2D eigenvalue weighted by Gasteiger charge is 2.21. The Labute approximate surface area is 73.6 Å². The molecule has 0 saturated carbocycles. The molecule has 0 spiro atoms. The molecule has 0 aromatic heterocycles. The van der Waals surface area contributed by atoms with Crippen LogP contribution in [0.5, 0.6) is 0 Å². The summed E-state index contributed by atoms with van der Waals surface area (Å²) in [6, 6.07) is 0. The van der Waals surface area contributed by atoms with Gasteiger partial charge in [0.05, 0.1) is 6.10 Å². The van der Waals surface area contributed by atoms with E-state index in [-0.39, 0.29) is 11.9 Å². The molecule has 68 valence electrons. The van der Waals surface area contributed by atoms with Gasteiger partial charge in [0.15, 0.2) is 0 Å². The Morgan fingerprint density at radius 1 is 1.67 bits per heavy atom. The smallest absolute Gasteiger partial charge is 0.130 e. The van der Waals surface area contributed by atoms with E-state index >= 15 is 0 Å². The number of Topliss-reactive ketones (excluding diaryl/α,β-unsaturated/α-hetero) is 1. The second-order valence-electron chi connectivity index (χ2n) is 3.35. The van der Waals surface area contributed by atoms with Crippen molar-refractivity contribution >= 4 is 5.78 Å². The molecule has 12 heavy (non-hydrogen) atoms. The third kappa shape index (κ3) is 2.45. The minimum absolute atomic E-state index is 0.244. The molecule has 0 N–H and O–H groups in total. The fourth-order valence-electron chi connectivity index (χ4n) is 1.69. The van der Waals surface area contributed by atoms with Crippen LogP contribution in [0.2, 0.25) is 0 Å². The number of carbonyl (C=O) groups is 1. The van der Waals surface area contributed by atoms with Gasteiger partial charge in [-0.15, -0.1) is 0 Å². The number of hydrogen-bond donors (Lipinski definition) is 0. The highest BCUT2D eigenvalue weighted by molar-refractivity contribution is 5.76. The third-order valence-corrected chi connectivity index (χ3v) is 2.30. The average molecular weight is 168 g/mol. The van der Waals surface area contributed by atoms with Gasteiger partial charge in [-0.2, -0.15) is 0 Å². The van der Waals surface area contributed by atoms with E-state index in [2.05, 4.69) is 12.2 Å². The minimum Gasteiger partial charge on any atom is -0.381 e. The lowest BCUT2D eigenvalue weighted by atomic mass is 9.89. The van der Waals surface area contributed by atoms with Gasteiger partial charge in [0.1, 0.15) is 5.78 Å². The number of ketones is 1. The van der Waals surface area contributed by atoms with Crippen molar-refractivity contribution in [2.75, 3.05) is 7.11 Å². The molecule has 2 atom stereocenters. The van der Waals surface area contributed by atoms with Crippen LogP contribution in [0.15, 0.2) is 12.2 Å². The molecule has 2 heteroatoms. The van der Waals surface area contributed by atoms with Crippen molar-refractivity contribution in [3.8, 4) is 0 Å². The molecule has 1 aliphatic carbocycles. The van der Waals surface area contributed by atoms with Crippen molar-refractivity contribution in [2.24, 2.45) is 5.92 Å². The summed E-state index contributed by atoms with van der Waals surface area (Å²) in [6.45, 7) is 1.63. The summed E-state index contributed by atoms with van der Waals surface area (Å²) < 4.78 is 5.30. The van der Waals surface area contributed by atoms with Crippen LogP contribution in [0.25, 0.3) is 0 Å². The summed E-state index contributed by atoms with van der Waals surface area (Å²) >= 11 is 0. The fraction of sp³-hybridized carbons (Fsp3) is 0.700. The molecule has 0 radical (unpaired) electrons. The SMILES string of the molecule is COC1CCC=CC1CC(C)=O. The van der Waals surface area contributed by atoms with Gasteiger partial charge in [-0.25, -0.2) is 0 Å². The molecule has 0 aliphatic heterocycles. The van der Waals surface area contributed by atoms with E-state index < -0.39 is 0 Å². The minimum atomic E-state index is 0.244. The number of allylic oxidation sites excluding steroid dienone is 1. The topological polar surface area (TPSA) is 26.3 Å². The number of methoxy groups -OCH3 is 1. The third-order valence-electron chi connectivity index (χ3n) is 2.30. The van der Waals surface area contributed by atoms with Crippen molar-refractivity contribution in [1.82, 2.24) is 0 Å². The van der Waals surface area contributed by atoms with E-state index in [0.29, 0.717) is 12.3 Å². The first-order valence-electron chi connectivity index (χ1n) is 4.43. The van der Waals surface area contributed by atoms with Crippen LogP contribution < -0.4 is 0 Å². The zero-order valence-corrected chi connectivity index (χ0v) is 7.75. The molecule has 1 rings (SSSR count). The van der Waals surface area contributed by atoms with Gasteiger partial charge in [0, 0.05) is 19.4 Å². The van der Waals surface area contributed by atoms with Crippen molar-refractivity contribution in [2.45, 2.75) is 32.3 Å². The predicted octanol–water partition coefficient (Wildman–Crippen LogP) is 1.95. The van der Waals surface area contributed by atoms with Crippen LogP contribution >= 0.6 is 0 Å². The maximum atomic E-state index is 10.9. The Hall–Kier alpha value is -0.630. The zero-order valence-electron chi connectivity index (χ0n) is 7.75. The highest BCUT2D eigenvalue weighted by Crippen LogP contribution is 2.23. The second-order valence-corrected chi connectivity index (χ2v) is 3.35. The normalized spacial score (nSPS) is 28.8. The van der Waals surface area contributed by atoms with Crippen LogP contribution in [0.4, 0.5) is 0 Å². The molecule has 1 aliphatic rings. The van der Waals surface area contributed by atoms with E-state index in [9.17, 15) is 4.79 Å². The molecule has 2 nitrogen and oxygen atoms in total. The van der Waals surface area contributed by atoms with Crippen LogP contribution in [-0.2, 0) is 9.53 Å². The van der Waals surface area contributed by atoms with E-state index in [0.717, 1.165) is 12.8 Å². The van der Waals surface area contributed by atoms with Crippen LogP contribution in [0, 0.1) is 5.92 Å². The molecule has 0 aromatic carbocycles. The van der Waals surface area contributed by atoms with E-state index in [4.69, 9.17) is 4.74 Å². The van der Waals surface area contributed by atoms with Crippen molar-refractivity contribution in [1.29, 1.82) is 0 Å². The Balaban J connectivity index is 2.52. The molecule has 2 unspecified atom stereocenters. The summed E-state index contributed by atoms with van der Waals surface area (Å²) in [4.78, 5) is 10.9. The first-order chi connectivity index (χ1) is 5.74. The largest absolute Gasteiger partial charge is 0.381 e. The quantitative estimate of drug-likeness (QED) is 0.602. The predicted molar refractivity (Wildman–Crippen MR) is 48.0 cm³/mol. The molecule has 0 bridgehead atoms. The summed E-state index contributed by atoms with van der Waals surface area (Å²) in [6.07, 6.45) is 7.24. The van der Waals surface area contributed by atoms with Crippen LogP contribution in [-0.4, -0.2) is 19.0 Å². The molecule has 0 saturated heterocycles. The second kappa shape index (κ2) is 4.41. The molecule has 0 aromatic rings. The Bertz CT molecular complexity index is 184. The van der Waals surface area contributed by atoms with Gasteiger partial charge in [0.25, 0.3) is 0 Å². The molecule has 0 amide bonds. The molecule has 0 fully saturated rings. The number of ether oxygens (including phenoxy) is 1. The molecular formula is C10H16O2. The van der Waals surface area contributed by atoms with Crippen LogP contribution in [0.3, 0.4) is 0 Å². The first kappa shape index (κ1) is 9.46. The zero-order chi connectivity index (χ0) is 8.97. The van der Waals surface area contributed by atoms with Gasteiger partial charge in [0.2, 0.25) is 0 Å². The van der Waals surface area contributed by atoms with Crippen molar-refractivity contribution in [3.63, 3.8) is 0 Å². The van der Waals surface area contributed by atoms with Crippen molar-refractivity contribution < 1.29 is 9.53 Å². The number of hydrogen-bond acceptors (Lipinski definition) is 2. The fourth-order valence-corrected chi connectivity index (χ4v) is 1.69. The summed E-state index contributed by atoms with van der Waals surface area (Å²) in [7, 11) is 1.72. The van der Waals surface area contributed by atoms with Gasteiger partial charge in [-0.1, -0.05) is 12.2 Å². The first-order valence-corrected chi connectivity index (χ1v) is 4.43. The number of rotatable bonds is 3. The van der Waals surface area contributed by atoms with Gasteiger partial charge in [-0.3, -0.25) is 0 Å². The van der Waals surface area contributed by atoms with Gasteiger partial charge in [-0.05, 0) is 19.8 Å². The Morgan fingerprint density at radius 2 is 2.42 bits per heavy atom. The lowest BCUT2D eigenvalue weighted by Gasteiger charge is -2.25. The van der Waals surface area contributed by atoms with Crippen LogP contribution in [0.1, 0.15) is 26.2 Å². The summed E-state index contributed by atoms with van der Waals surface area (Å²) in [5.74, 6) is 0.551. The van der Waals surface area contributed by atoms with Gasteiger partial charge < -0.3 is 9.53 Å². The Morgan fingerprint density at radius 3 is 3.00 bits per heavy atom. The number of carbonyl (C=O) groups excluding carboxylic acids is 1. The molecular weight excluding hydrogens is 152 g/mol. The van der Waals surface area contributed by atoms with Gasteiger partial charge >= 0.3 is 0 Å². The maximum Gasteiger partial charge on any atom is 0.130 e. The highest BCUT2D eigenvalue weighted by atomic mass is 16.5. The van der Waals surface area contributed by atoms with Crippen molar-refractivity contribution in [3.05, 3.63) is 12.2 Å². The molecule has 0 heterocycles. The monoisotopic (exact) mass is 168 g/mol. The standard InChI is InChI=1S/C10H16O2/c1-8(11)7-9-5-3-4-6-10(9)12-2/h3,5,9-10H,4,6-7H2,1-2H3. The van der Waals surface area contributed by atoms with E-state index in [1.54, 1.807) is 14.0 Å². The summed E-state index contributed by atoms with van der Waals surface area (Å²) in [5, 5.41) is 0. The average Bonchev–Trinajstić information content (AvgIpc) is 2.04.